The van der Waals surface area contributed by atoms with Crippen LogP contribution < -0.4 is 9.47 Å². The first-order valence-electron chi connectivity index (χ1n) is 9.32. The van der Waals surface area contributed by atoms with Crippen LogP contribution in [0.2, 0.25) is 0 Å². The van der Waals surface area contributed by atoms with Gasteiger partial charge in [0, 0.05) is 27.8 Å². The monoisotopic (exact) mass is 405 g/mol. The summed E-state index contributed by atoms with van der Waals surface area (Å²) in [6.45, 7) is 1.34. The second-order valence-electron chi connectivity index (χ2n) is 6.85. The quantitative estimate of drug-likeness (QED) is 0.551. The largest absolute Gasteiger partial charge is 0.493 e. The molecule has 0 spiro atoms. The van der Waals surface area contributed by atoms with Crippen molar-refractivity contribution in [2.45, 2.75) is 6.54 Å². The van der Waals surface area contributed by atoms with Crippen LogP contribution in [0.25, 0.3) is 21.2 Å². The number of carbonyl (C=O) groups is 1. The molecular formula is C22H19N3O3S. The maximum atomic E-state index is 12.8. The van der Waals surface area contributed by atoms with Gasteiger partial charge in [0.25, 0.3) is 5.91 Å². The summed E-state index contributed by atoms with van der Waals surface area (Å²) in [5.74, 6) is 1.30. The number of hydrogen-bond donors (Lipinski definition) is 1. The van der Waals surface area contributed by atoms with Gasteiger partial charge in [0.2, 0.25) is 0 Å². The standard InChI is InChI=1S/C22H19N3O3S/c1-27-19-9-14(17-12-29-20-5-3-2-4-16(17)20)8-15-11-25(6-7-28-21(15)19)22(26)18-10-23-13-24-18/h2-5,8-10,12-13H,6-7,11H2,1H3,(H,23,24). The molecule has 4 aromatic rings. The lowest BCUT2D eigenvalue weighted by Gasteiger charge is -2.19. The molecule has 0 atom stereocenters. The van der Waals surface area contributed by atoms with Crippen molar-refractivity contribution in [1.82, 2.24) is 14.9 Å². The molecule has 146 valence electrons. The number of aromatic amines is 1. The smallest absolute Gasteiger partial charge is 0.272 e. The molecule has 2 aromatic carbocycles. The molecular weight excluding hydrogens is 386 g/mol. The van der Waals surface area contributed by atoms with Crippen molar-refractivity contribution in [2.75, 3.05) is 20.3 Å². The van der Waals surface area contributed by atoms with Crippen LogP contribution in [0.1, 0.15) is 16.1 Å². The lowest BCUT2D eigenvalue weighted by atomic mass is 10.0. The number of nitrogens with one attached hydrogen (secondary N) is 1. The molecule has 1 N–H and O–H groups in total. The molecule has 0 radical (unpaired) electrons. The minimum absolute atomic E-state index is 0.0932. The summed E-state index contributed by atoms with van der Waals surface area (Å²) in [6.07, 6.45) is 3.06. The number of aromatic nitrogens is 2. The van der Waals surface area contributed by atoms with E-state index in [0.29, 0.717) is 36.9 Å². The Morgan fingerprint density at radius 2 is 2.21 bits per heavy atom. The number of ether oxygens (including phenoxy) is 2. The molecule has 1 amide bonds. The maximum Gasteiger partial charge on any atom is 0.272 e. The number of H-pyrrole nitrogens is 1. The van der Waals surface area contributed by atoms with Crippen molar-refractivity contribution in [1.29, 1.82) is 0 Å². The van der Waals surface area contributed by atoms with Crippen molar-refractivity contribution in [3.63, 3.8) is 0 Å². The zero-order valence-electron chi connectivity index (χ0n) is 15.8. The molecule has 3 heterocycles. The number of imidazole rings is 1. The van der Waals surface area contributed by atoms with Crippen LogP contribution in [0.4, 0.5) is 0 Å². The first-order chi connectivity index (χ1) is 14.2. The summed E-state index contributed by atoms with van der Waals surface area (Å²) in [5.41, 5.74) is 3.61. The lowest BCUT2D eigenvalue weighted by Crippen LogP contribution is -2.32. The van der Waals surface area contributed by atoms with E-state index < -0.39 is 0 Å². The molecule has 2 aromatic heterocycles. The molecule has 1 aliphatic rings. The Hall–Kier alpha value is -3.32. The highest BCUT2D eigenvalue weighted by atomic mass is 32.1. The molecule has 0 bridgehead atoms. The van der Waals surface area contributed by atoms with Gasteiger partial charge in [-0.3, -0.25) is 4.79 Å². The molecule has 1 aliphatic heterocycles. The van der Waals surface area contributed by atoms with Crippen LogP contribution in [-0.2, 0) is 6.54 Å². The van der Waals surface area contributed by atoms with Gasteiger partial charge < -0.3 is 19.4 Å². The number of rotatable bonds is 3. The van der Waals surface area contributed by atoms with Crippen LogP contribution in [0.15, 0.2) is 54.3 Å². The summed E-state index contributed by atoms with van der Waals surface area (Å²) in [4.78, 5) is 21.5. The van der Waals surface area contributed by atoms with Crippen molar-refractivity contribution in [3.05, 3.63) is 65.6 Å². The Morgan fingerprint density at radius 1 is 1.31 bits per heavy atom. The van der Waals surface area contributed by atoms with Crippen molar-refractivity contribution in [2.24, 2.45) is 0 Å². The third-order valence-corrected chi connectivity index (χ3v) is 6.09. The number of thiophene rings is 1. The van der Waals surface area contributed by atoms with Gasteiger partial charge in [0.15, 0.2) is 11.5 Å². The topological polar surface area (TPSA) is 67.5 Å². The van der Waals surface area contributed by atoms with Crippen LogP contribution in [0.5, 0.6) is 11.5 Å². The van der Waals surface area contributed by atoms with Gasteiger partial charge in [0.1, 0.15) is 12.3 Å². The third-order valence-electron chi connectivity index (χ3n) is 5.13. The Labute approximate surface area is 171 Å². The van der Waals surface area contributed by atoms with E-state index in [9.17, 15) is 4.79 Å². The van der Waals surface area contributed by atoms with E-state index in [0.717, 1.165) is 16.7 Å². The maximum absolute atomic E-state index is 12.8. The van der Waals surface area contributed by atoms with Gasteiger partial charge in [0.05, 0.1) is 26.2 Å². The second kappa shape index (κ2) is 7.25. The van der Waals surface area contributed by atoms with E-state index in [2.05, 4.69) is 33.5 Å². The minimum atomic E-state index is -0.0932. The van der Waals surface area contributed by atoms with Crippen molar-refractivity contribution < 1.29 is 14.3 Å². The predicted molar refractivity (Wildman–Crippen MR) is 113 cm³/mol. The van der Waals surface area contributed by atoms with Gasteiger partial charge in [-0.2, -0.15) is 0 Å². The van der Waals surface area contributed by atoms with E-state index in [1.165, 1.54) is 16.4 Å². The fourth-order valence-corrected chi connectivity index (χ4v) is 4.68. The zero-order chi connectivity index (χ0) is 19.8. The number of benzene rings is 2. The number of carbonyl (C=O) groups excluding carboxylic acids is 1. The van der Waals surface area contributed by atoms with E-state index in [1.54, 1.807) is 29.5 Å². The molecule has 5 rings (SSSR count). The molecule has 6 nitrogen and oxygen atoms in total. The second-order valence-corrected chi connectivity index (χ2v) is 7.76. The third kappa shape index (κ3) is 3.13. The van der Waals surface area contributed by atoms with Crippen LogP contribution >= 0.6 is 11.3 Å². The average Bonchev–Trinajstić information content (AvgIpc) is 3.38. The summed E-state index contributed by atoms with van der Waals surface area (Å²) in [5, 5.41) is 3.37. The first-order valence-corrected chi connectivity index (χ1v) is 10.2. The molecule has 0 saturated heterocycles. The van der Waals surface area contributed by atoms with Gasteiger partial charge in [-0.15, -0.1) is 11.3 Å². The van der Waals surface area contributed by atoms with Gasteiger partial charge in [-0.1, -0.05) is 18.2 Å². The minimum Gasteiger partial charge on any atom is -0.493 e. The Morgan fingerprint density at radius 3 is 3.03 bits per heavy atom. The van der Waals surface area contributed by atoms with E-state index in [4.69, 9.17) is 9.47 Å². The highest BCUT2D eigenvalue weighted by molar-refractivity contribution is 7.17. The fraction of sp³-hybridized carbons (Fsp3) is 0.182. The summed E-state index contributed by atoms with van der Waals surface area (Å²) >= 11 is 1.72. The zero-order valence-corrected chi connectivity index (χ0v) is 16.7. The molecule has 0 aliphatic carbocycles. The molecule has 0 unspecified atom stereocenters. The summed E-state index contributed by atoms with van der Waals surface area (Å²) in [6, 6.07) is 12.5. The molecule has 29 heavy (non-hydrogen) atoms. The number of fused-ring (bicyclic) bond motifs is 2. The van der Waals surface area contributed by atoms with Crippen LogP contribution in [0.3, 0.4) is 0 Å². The van der Waals surface area contributed by atoms with E-state index >= 15 is 0 Å². The first kappa shape index (κ1) is 17.8. The van der Waals surface area contributed by atoms with Gasteiger partial charge in [-0.05, 0) is 29.1 Å². The normalized spacial score (nSPS) is 13.6. The Kier molecular flexibility index (Phi) is 4.44. The average molecular weight is 405 g/mol. The van der Waals surface area contributed by atoms with Crippen molar-refractivity contribution >= 4 is 27.3 Å². The number of hydrogen-bond acceptors (Lipinski definition) is 5. The fourth-order valence-electron chi connectivity index (χ4n) is 3.71. The Bertz CT molecular complexity index is 1180. The number of nitrogens with zero attached hydrogens (tertiary/aromatic N) is 2. The SMILES string of the molecule is COc1cc(-c2csc3ccccc23)cc2c1OCCN(C(=O)c1cnc[nH]1)C2. The number of methoxy groups -OCH3 is 1. The van der Waals surface area contributed by atoms with Gasteiger partial charge >= 0.3 is 0 Å². The van der Waals surface area contributed by atoms with Gasteiger partial charge in [-0.25, -0.2) is 4.98 Å². The highest BCUT2D eigenvalue weighted by Crippen LogP contribution is 2.41. The molecule has 0 saturated carbocycles. The highest BCUT2D eigenvalue weighted by Gasteiger charge is 2.25. The molecule has 0 fully saturated rings. The Balaban J connectivity index is 1.58. The van der Waals surface area contributed by atoms with E-state index in [1.807, 2.05) is 18.2 Å². The van der Waals surface area contributed by atoms with Crippen molar-refractivity contribution in [3.8, 4) is 22.6 Å². The summed E-state index contributed by atoms with van der Waals surface area (Å²) in [7, 11) is 1.65. The van der Waals surface area contributed by atoms with Crippen LogP contribution in [-0.4, -0.2) is 41.0 Å². The van der Waals surface area contributed by atoms with E-state index in [-0.39, 0.29) is 5.91 Å². The molecule has 7 heteroatoms. The predicted octanol–water partition coefficient (Wildman–Crippen LogP) is 4.33. The lowest BCUT2D eigenvalue weighted by molar-refractivity contribution is 0.0728. The number of amides is 1. The summed E-state index contributed by atoms with van der Waals surface area (Å²) < 4.78 is 12.9. The van der Waals surface area contributed by atoms with Crippen LogP contribution in [0, 0.1) is 0 Å².